The lowest BCUT2D eigenvalue weighted by Crippen LogP contribution is -2.04. The van der Waals surface area contributed by atoms with Crippen LogP contribution < -0.4 is 18.9 Å². The van der Waals surface area contributed by atoms with Crippen molar-refractivity contribution in [3.63, 3.8) is 0 Å². The fourth-order valence-corrected chi connectivity index (χ4v) is 2.48. The van der Waals surface area contributed by atoms with Crippen molar-refractivity contribution in [2.45, 2.75) is 0 Å². The molecule has 0 amide bonds. The van der Waals surface area contributed by atoms with E-state index in [-0.39, 0.29) is 0 Å². The third kappa shape index (κ3) is 4.08. The fraction of sp³-hybridized carbons (Fsp3) is 0.250. The second-order valence-electron chi connectivity index (χ2n) is 5.23. The van der Waals surface area contributed by atoms with Crippen molar-refractivity contribution in [3.05, 3.63) is 47.5 Å². The van der Waals surface area contributed by atoms with Crippen molar-refractivity contribution in [1.29, 1.82) is 0 Å². The molecule has 0 heterocycles. The first-order valence-electron chi connectivity index (χ1n) is 7.82. The number of hydrogen-bond donors (Lipinski definition) is 0. The van der Waals surface area contributed by atoms with Crippen LogP contribution in [0.1, 0.15) is 11.1 Å². The van der Waals surface area contributed by atoms with Gasteiger partial charge in [0.2, 0.25) is 0 Å². The molecule has 0 unspecified atom stereocenters. The highest BCUT2D eigenvalue weighted by molar-refractivity contribution is 6.21. The molecule has 0 aliphatic heterocycles. The van der Waals surface area contributed by atoms with Gasteiger partial charge in [-0.2, -0.15) is 0 Å². The van der Waals surface area contributed by atoms with Crippen LogP contribution in [0.2, 0.25) is 0 Å². The van der Waals surface area contributed by atoms with Crippen LogP contribution in [0.15, 0.2) is 36.4 Å². The standard InChI is InChI=1S/C20H22O6/c1-22-16-8-6-13(11-18(16)24-3)10-15(20(21)26-5)14-7-9-17(23-2)19(12-14)25-4/h6-12H,1-5H3. The summed E-state index contributed by atoms with van der Waals surface area (Å²) in [5.74, 6) is 1.80. The molecule has 0 saturated carbocycles. The van der Waals surface area contributed by atoms with E-state index in [1.807, 2.05) is 6.07 Å². The number of ether oxygens (including phenoxy) is 5. The summed E-state index contributed by atoms with van der Waals surface area (Å²) in [5.41, 5.74) is 1.78. The minimum Gasteiger partial charge on any atom is -0.493 e. The number of benzene rings is 2. The van der Waals surface area contributed by atoms with Gasteiger partial charge in [-0.1, -0.05) is 12.1 Å². The zero-order chi connectivity index (χ0) is 19.1. The van der Waals surface area contributed by atoms with Gasteiger partial charge in [0.1, 0.15) is 0 Å². The largest absolute Gasteiger partial charge is 0.493 e. The number of carbonyl (C=O) groups is 1. The Morgan fingerprint density at radius 1 is 0.731 bits per heavy atom. The van der Waals surface area contributed by atoms with Crippen LogP contribution >= 0.6 is 0 Å². The van der Waals surface area contributed by atoms with E-state index in [0.717, 1.165) is 5.56 Å². The van der Waals surface area contributed by atoms with Crippen LogP contribution in [0, 0.1) is 0 Å². The van der Waals surface area contributed by atoms with Crippen molar-refractivity contribution < 1.29 is 28.5 Å². The molecule has 6 nitrogen and oxygen atoms in total. The third-order valence-electron chi connectivity index (χ3n) is 3.82. The molecule has 2 aromatic rings. The van der Waals surface area contributed by atoms with E-state index in [0.29, 0.717) is 34.1 Å². The highest BCUT2D eigenvalue weighted by Crippen LogP contribution is 2.33. The third-order valence-corrected chi connectivity index (χ3v) is 3.82. The number of esters is 1. The zero-order valence-electron chi connectivity index (χ0n) is 15.5. The average molecular weight is 358 g/mol. The van der Waals surface area contributed by atoms with Gasteiger partial charge in [-0.3, -0.25) is 0 Å². The minimum absolute atomic E-state index is 0.376. The molecule has 0 N–H and O–H groups in total. The van der Waals surface area contributed by atoms with Gasteiger partial charge < -0.3 is 23.7 Å². The van der Waals surface area contributed by atoms with Crippen LogP contribution in [0.3, 0.4) is 0 Å². The SMILES string of the molecule is COC(=O)C(=Cc1ccc(OC)c(OC)c1)c1ccc(OC)c(OC)c1. The minimum atomic E-state index is -0.466. The molecule has 0 aliphatic rings. The van der Waals surface area contributed by atoms with Gasteiger partial charge in [0.05, 0.1) is 41.1 Å². The Morgan fingerprint density at radius 2 is 1.27 bits per heavy atom. The molecule has 2 aromatic carbocycles. The van der Waals surface area contributed by atoms with E-state index in [1.54, 1.807) is 57.7 Å². The maximum Gasteiger partial charge on any atom is 0.338 e. The van der Waals surface area contributed by atoms with Gasteiger partial charge in [0, 0.05) is 0 Å². The van der Waals surface area contributed by atoms with Crippen molar-refractivity contribution in [2.75, 3.05) is 35.5 Å². The van der Waals surface area contributed by atoms with E-state index >= 15 is 0 Å². The van der Waals surface area contributed by atoms with Gasteiger partial charge in [-0.05, 0) is 41.5 Å². The second kappa shape index (κ2) is 8.80. The smallest absolute Gasteiger partial charge is 0.338 e. The van der Waals surface area contributed by atoms with Crippen molar-refractivity contribution in [2.24, 2.45) is 0 Å². The molecule has 138 valence electrons. The summed E-state index contributed by atoms with van der Waals surface area (Å²) < 4.78 is 26.0. The maximum atomic E-state index is 12.3. The molecule has 0 aromatic heterocycles. The predicted molar refractivity (Wildman–Crippen MR) is 99.0 cm³/mol. The first-order valence-corrected chi connectivity index (χ1v) is 7.82. The number of methoxy groups -OCH3 is 5. The van der Waals surface area contributed by atoms with Gasteiger partial charge in [0.15, 0.2) is 23.0 Å². The lowest BCUT2D eigenvalue weighted by Gasteiger charge is -2.12. The van der Waals surface area contributed by atoms with E-state index in [9.17, 15) is 4.79 Å². The predicted octanol–water partition coefficient (Wildman–Crippen LogP) is 3.43. The summed E-state index contributed by atoms with van der Waals surface area (Å²) in [6.45, 7) is 0. The molecule has 0 spiro atoms. The summed E-state index contributed by atoms with van der Waals surface area (Å²) >= 11 is 0. The normalized spacial score (nSPS) is 10.9. The van der Waals surface area contributed by atoms with Gasteiger partial charge in [0.25, 0.3) is 0 Å². The van der Waals surface area contributed by atoms with Crippen LogP contribution in [0.4, 0.5) is 0 Å². The first-order chi connectivity index (χ1) is 12.6. The summed E-state index contributed by atoms with van der Waals surface area (Å²) in [7, 11) is 7.55. The number of rotatable bonds is 7. The number of carbonyl (C=O) groups excluding carboxylic acids is 1. The molecule has 26 heavy (non-hydrogen) atoms. The van der Waals surface area contributed by atoms with Crippen molar-refractivity contribution in [1.82, 2.24) is 0 Å². The van der Waals surface area contributed by atoms with E-state index in [2.05, 4.69) is 0 Å². The van der Waals surface area contributed by atoms with E-state index < -0.39 is 5.97 Å². The Kier molecular flexibility index (Phi) is 6.49. The molecule has 0 bridgehead atoms. The molecule has 0 aliphatic carbocycles. The average Bonchev–Trinajstić information content (AvgIpc) is 2.70. The van der Waals surface area contributed by atoms with E-state index in [1.165, 1.54) is 14.2 Å². The first kappa shape index (κ1) is 19.2. The Balaban J connectivity index is 2.55. The van der Waals surface area contributed by atoms with Gasteiger partial charge >= 0.3 is 5.97 Å². The highest BCUT2D eigenvalue weighted by Gasteiger charge is 2.16. The molecule has 0 atom stereocenters. The summed E-state index contributed by atoms with van der Waals surface area (Å²) in [6.07, 6.45) is 1.72. The Labute approximate surface area is 152 Å². The molecule has 0 radical (unpaired) electrons. The molecule has 2 rings (SSSR count). The molecule has 0 saturated heterocycles. The van der Waals surface area contributed by atoms with Crippen LogP contribution in [0.25, 0.3) is 11.6 Å². The quantitative estimate of drug-likeness (QED) is 0.429. The monoisotopic (exact) mass is 358 g/mol. The summed E-state index contributed by atoms with van der Waals surface area (Å²) in [6, 6.07) is 10.6. The fourth-order valence-electron chi connectivity index (χ4n) is 2.48. The molecule has 6 heteroatoms. The molecular formula is C20H22O6. The Hall–Kier alpha value is -3.15. The Bertz CT molecular complexity index is 810. The van der Waals surface area contributed by atoms with Crippen molar-refractivity contribution >= 4 is 17.6 Å². The van der Waals surface area contributed by atoms with E-state index in [4.69, 9.17) is 23.7 Å². The second-order valence-corrected chi connectivity index (χ2v) is 5.23. The Morgan fingerprint density at radius 3 is 1.81 bits per heavy atom. The van der Waals surface area contributed by atoms with Gasteiger partial charge in [-0.25, -0.2) is 4.79 Å². The van der Waals surface area contributed by atoms with Crippen LogP contribution in [0.5, 0.6) is 23.0 Å². The van der Waals surface area contributed by atoms with Gasteiger partial charge in [-0.15, -0.1) is 0 Å². The maximum absolute atomic E-state index is 12.3. The zero-order valence-corrected chi connectivity index (χ0v) is 15.5. The molecular weight excluding hydrogens is 336 g/mol. The lowest BCUT2D eigenvalue weighted by atomic mass is 10.0. The van der Waals surface area contributed by atoms with Crippen LogP contribution in [-0.4, -0.2) is 41.5 Å². The van der Waals surface area contributed by atoms with Crippen molar-refractivity contribution in [3.8, 4) is 23.0 Å². The topological polar surface area (TPSA) is 63.2 Å². The summed E-state index contributed by atoms with van der Waals surface area (Å²) in [4.78, 5) is 12.3. The molecule has 0 fully saturated rings. The highest BCUT2D eigenvalue weighted by atomic mass is 16.5. The summed E-state index contributed by atoms with van der Waals surface area (Å²) in [5, 5.41) is 0. The van der Waals surface area contributed by atoms with Crippen LogP contribution in [-0.2, 0) is 9.53 Å². The number of hydrogen-bond acceptors (Lipinski definition) is 6. The lowest BCUT2D eigenvalue weighted by molar-refractivity contribution is -0.133.